The van der Waals surface area contributed by atoms with Gasteiger partial charge in [-0.25, -0.2) is 9.38 Å². The summed E-state index contributed by atoms with van der Waals surface area (Å²) in [6, 6.07) is 0. The van der Waals surface area contributed by atoms with Crippen LogP contribution in [0.5, 0.6) is 0 Å². The van der Waals surface area contributed by atoms with Crippen LogP contribution in [0.15, 0.2) is 17.3 Å². The summed E-state index contributed by atoms with van der Waals surface area (Å²) < 4.78 is 8.60. The molecule has 0 amide bonds. The van der Waals surface area contributed by atoms with Crippen LogP contribution in [0.25, 0.3) is 16.9 Å². The highest BCUT2D eigenvalue weighted by atomic mass is 16.5. The van der Waals surface area contributed by atoms with E-state index in [2.05, 4.69) is 21.9 Å². The minimum Gasteiger partial charge on any atom is -0.394 e. The summed E-state index contributed by atoms with van der Waals surface area (Å²) in [5, 5.41) is 19.3. The molecule has 4 rings (SSSR count). The second kappa shape index (κ2) is 8.05. The van der Waals surface area contributed by atoms with Crippen LogP contribution in [0.4, 0.5) is 0 Å². The van der Waals surface area contributed by atoms with Gasteiger partial charge in [0.1, 0.15) is 18.1 Å². The van der Waals surface area contributed by atoms with Crippen LogP contribution in [0.1, 0.15) is 50.9 Å². The Kier molecular flexibility index (Phi) is 5.48. The molecule has 10 heteroatoms. The van der Waals surface area contributed by atoms with Crippen molar-refractivity contribution in [1.29, 1.82) is 0 Å². The number of nitrogens with one attached hydrogen (secondary N) is 1. The zero-order chi connectivity index (χ0) is 20.5. The van der Waals surface area contributed by atoms with E-state index in [1.165, 1.54) is 10.7 Å². The van der Waals surface area contributed by atoms with Crippen molar-refractivity contribution in [2.45, 2.75) is 63.9 Å². The van der Waals surface area contributed by atoms with Crippen molar-refractivity contribution in [3.63, 3.8) is 0 Å². The van der Waals surface area contributed by atoms with Gasteiger partial charge in [-0.1, -0.05) is 19.8 Å². The number of fused-ring (bicyclic) bond motifs is 2. The largest absolute Gasteiger partial charge is 0.394 e. The molecule has 1 aliphatic rings. The van der Waals surface area contributed by atoms with Gasteiger partial charge in [-0.05, 0) is 6.42 Å². The lowest BCUT2D eigenvalue weighted by molar-refractivity contribution is -0.118. The molecular weight excluding hydrogens is 378 g/mol. The van der Waals surface area contributed by atoms with E-state index >= 15 is 0 Å². The number of nitrogens with zero attached hydrogens (tertiary/aromatic N) is 4. The van der Waals surface area contributed by atoms with Crippen LogP contribution in [0.3, 0.4) is 0 Å². The number of ether oxygens (including phenoxy) is 1. The van der Waals surface area contributed by atoms with Gasteiger partial charge in [0.25, 0.3) is 5.56 Å². The standard InChI is InChI=1S/C19H25N5O5/c1-2-3-4-5-12(26)6-11-8-23-18(28)16-17(22-19(23)21-11)24(10-20-16)15-7-13(27)14(9-25)29-15/h8,10,13-15,25,27H,2-7,9H2,1H3,(H,21,22)/t13-,14+,15+/m0/s1. The fraction of sp³-hybridized carbons (Fsp3) is 0.579. The quantitative estimate of drug-likeness (QED) is 0.471. The van der Waals surface area contributed by atoms with Crippen LogP contribution in [0.2, 0.25) is 0 Å². The zero-order valence-electron chi connectivity index (χ0n) is 16.2. The molecule has 0 unspecified atom stereocenters. The highest BCUT2D eigenvalue weighted by Crippen LogP contribution is 2.30. The third-order valence-electron chi connectivity index (χ3n) is 5.33. The summed E-state index contributed by atoms with van der Waals surface area (Å²) in [5.74, 6) is 0.437. The van der Waals surface area contributed by atoms with Crippen LogP contribution in [-0.2, 0) is 16.0 Å². The predicted octanol–water partition coefficient (Wildman–Crippen LogP) is 0.705. The number of aliphatic hydroxyl groups excluding tert-OH is 2. The summed E-state index contributed by atoms with van der Waals surface area (Å²) in [4.78, 5) is 36.7. The molecule has 1 saturated heterocycles. The van der Waals surface area contributed by atoms with E-state index in [1.807, 2.05) is 0 Å². The number of carbonyl (C=O) groups is 1. The smallest absolute Gasteiger partial charge is 0.287 e. The summed E-state index contributed by atoms with van der Waals surface area (Å²) in [6.07, 6.45) is 4.95. The molecule has 156 valence electrons. The third kappa shape index (κ3) is 3.70. The number of carbonyl (C=O) groups excluding carboxylic acids is 1. The van der Waals surface area contributed by atoms with E-state index in [4.69, 9.17) is 4.74 Å². The number of unbranched alkanes of at least 4 members (excludes halogenated alkanes) is 2. The van der Waals surface area contributed by atoms with Crippen molar-refractivity contribution < 1.29 is 19.7 Å². The molecule has 0 saturated carbocycles. The molecule has 0 radical (unpaired) electrons. The van der Waals surface area contributed by atoms with Crippen molar-refractivity contribution in [2.24, 2.45) is 0 Å². The van der Waals surface area contributed by atoms with Gasteiger partial charge in [-0.2, -0.15) is 4.98 Å². The maximum absolute atomic E-state index is 12.8. The molecule has 3 aromatic rings. The Balaban J connectivity index is 1.63. The first kappa shape index (κ1) is 19.7. The van der Waals surface area contributed by atoms with Crippen LogP contribution >= 0.6 is 0 Å². The van der Waals surface area contributed by atoms with Gasteiger partial charge in [-0.15, -0.1) is 0 Å². The highest BCUT2D eigenvalue weighted by Gasteiger charge is 2.35. The van der Waals surface area contributed by atoms with E-state index in [0.29, 0.717) is 23.5 Å². The lowest BCUT2D eigenvalue weighted by atomic mass is 10.1. The summed E-state index contributed by atoms with van der Waals surface area (Å²) in [6.45, 7) is 1.80. The number of ketones is 1. The Morgan fingerprint density at radius 2 is 2.24 bits per heavy atom. The third-order valence-corrected chi connectivity index (χ3v) is 5.33. The van der Waals surface area contributed by atoms with Gasteiger partial charge in [0.15, 0.2) is 11.2 Å². The number of Topliss-reactive ketones (excluding diaryl/α,β-unsaturated/α-hetero) is 1. The number of H-pyrrole nitrogens is 1. The monoisotopic (exact) mass is 403 g/mol. The van der Waals surface area contributed by atoms with E-state index < -0.39 is 18.4 Å². The Morgan fingerprint density at radius 1 is 1.41 bits per heavy atom. The number of imidazole rings is 2. The highest BCUT2D eigenvalue weighted by molar-refractivity contribution is 5.80. The van der Waals surface area contributed by atoms with Crippen molar-refractivity contribution >= 4 is 22.7 Å². The van der Waals surface area contributed by atoms with Crippen molar-refractivity contribution in [2.75, 3.05) is 6.61 Å². The molecule has 0 aromatic carbocycles. The molecule has 0 bridgehead atoms. The number of aromatic nitrogens is 5. The first-order valence-corrected chi connectivity index (χ1v) is 9.94. The second-order valence-corrected chi connectivity index (χ2v) is 7.50. The number of aliphatic hydroxyl groups is 2. The maximum atomic E-state index is 12.8. The Labute approximate surface area is 166 Å². The molecule has 1 fully saturated rings. The zero-order valence-corrected chi connectivity index (χ0v) is 16.2. The van der Waals surface area contributed by atoms with Gasteiger partial charge in [-0.3, -0.25) is 14.2 Å². The molecular formula is C19H25N5O5. The molecule has 10 nitrogen and oxygen atoms in total. The average molecular weight is 403 g/mol. The number of hydrogen-bond donors (Lipinski definition) is 3. The normalized spacial score (nSPS) is 22.1. The lowest BCUT2D eigenvalue weighted by Crippen LogP contribution is -2.24. The van der Waals surface area contributed by atoms with Gasteiger partial charge in [0.2, 0.25) is 5.78 Å². The van der Waals surface area contributed by atoms with Gasteiger partial charge in [0, 0.05) is 31.2 Å². The molecule has 3 atom stereocenters. The van der Waals surface area contributed by atoms with Crippen molar-refractivity contribution in [3.8, 4) is 0 Å². The minimum absolute atomic E-state index is 0.119. The summed E-state index contributed by atoms with van der Waals surface area (Å²) >= 11 is 0. The van der Waals surface area contributed by atoms with Crippen LogP contribution in [0, 0.1) is 0 Å². The molecule has 4 heterocycles. The number of hydrogen-bond acceptors (Lipinski definition) is 7. The Hall–Kier alpha value is -2.56. The van der Waals surface area contributed by atoms with E-state index in [0.717, 1.165) is 19.3 Å². The SMILES string of the molecule is CCCCCC(=O)Cc1cn2c(=O)c3ncn([C@H]4C[C@H](O)[C@@H](CO)O4)c3nc2[nH]1. The van der Waals surface area contributed by atoms with Crippen LogP contribution < -0.4 is 5.56 Å². The maximum Gasteiger partial charge on any atom is 0.287 e. The molecule has 3 N–H and O–H groups in total. The first-order valence-electron chi connectivity index (χ1n) is 9.94. The van der Waals surface area contributed by atoms with Gasteiger partial charge < -0.3 is 19.9 Å². The van der Waals surface area contributed by atoms with Gasteiger partial charge >= 0.3 is 0 Å². The van der Waals surface area contributed by atoms with Crippen molar-refractivity contribution in [1.82, 2.24) is 23.9 Å². The minimum atomic E-state index is -0.803. The molecule has 29 heavy (non-hydrogen) atoms. The average Bonchev–Trinajstić information content (AvgIpc) is 3.38. The summed E-state index contributed by atoms with van der Waals surface area (Å²) in [5.41, 5.74) is 0.784. The molecule has 0 aliphatic carbocycles. The van der Waals surface area contributed by atoms with E-state index in [-0.39, 0.29) is 36.3 Å². The molecule has 1 aliphatic heterocycles. The molecule has 3 aromatic heterocycles. The van der Waals surface area contributed by atoms with Gasteiger partial charge in [0.05, 0.1) is 19.0 Å². The fourth-order valence-electron chi connectivity index (χ4n) is 3.74. The lowest BCUT2D eigenvalue weighted by Gasteiger charge is -2.13. The fourth-order valence-corrected chi connectivity index (χ4v) is 3.74. The molecule has 0 spiro atoms. The Bertz CT molecular complexity index is 1080. The van der Waals surface area contributed by atoms with Crippen molar-refractivity contribution in [3.05, 3.63) is 28.6 Å². The number of aromatic amines is 1. The van der Waals surface area contributed by atoms with E-state index in [1.54, 1.807) is 10.8 Å². The van der Waals surface area contributed by atoms with Crippen LogP contribution in [-0.4, -0.2) is 58.7 Å². The first-order chi connectivity index (χ1) is 14.0. The predicted molar refractivity (Wildman–Crippen MR) is 104 cm³/mol. The summed E-state index contributed by atoms with van der Waals surface area (Å²) in [7, 11) is 0. The number of rotatable bonds is 8. The van der Waals surface area contributed by atoms with E-state index in [9.17, 15) is 19.8 Å². The second-order valence-electron chi connectivity index (χ2n) is 7.50. The topological polar surface area (TPSA) is 135 Å². The Morgan fingerprint density at radius 3 is 2.97 bits per heavy atom.